The van der Waals surface area contributed by atoms with E-state index in [1.165, 1.54) is 14.1 Å². The monoisotopic (exact) mass is 207 g/mol. The summed E-state index contributed by atoms with van der Waals surface area (Å²) in [5.74, 6) is 0.487. The highest BCUT2D eigenvalue weighted by Gasteiger charge is 2.21. The predicted octanol–water partition coefficient (Wildman–Crippen LogP) is 0.0968. The Morgan fingerprint density at radius 2 is 2.00 bits per heavy atom. The van der Waals surface area contributed by atoms with E-state index >= 15 is 0 Å². The van der Waals surface area contributed by atoms with Crippen molar-refractivity contribution in [2.24, 2.45) is 0 Å². The number of hydrogen-bond donors (Lipinski definition) is 0. The van der Waals surface area contributed by atoms with Crippen molar-refractivity contribution < 1.29 is 8.42 Å². The minimum atomic E-state index is -3.38. The van der Waals surface area contributed by atoms with Crippen LogP contribution >= 0.6 is 11.5 Å². The van der Waals surface area contributed by atoms with Crippen LogP contribution in [0.1, 0.15) is 5.82 Å². The maximum Gasteiger partial charge on any atom is 0.271 e. The maximum absolute atomic E-state index is 11.4. The van der Waals surface area contributed by atoms with Gasteiger partial charge in [0.2, 0.25) is 4.34 Å². The number of hydrogen-bond acceptors (Lipinski definition) is 5. The molecule has 0 spiro atoms. The van der Waals surface area contributed by atoms with E-state index in [1.807, 2.05) is 0 Å². The van der Waals surface area contributed by atoms with Crippen LogP contribution in [-0.4, -0.2) is 36.2 Å². The lowest BCUT2D eigenvalue weighted by atomic mass is 10.8. The number of nitrogens with zero attached hydrogens (tertiary/aromatic N) is 3. The number of rotatable bonds is 2. The Morgan fingerprint density at radius 1 is 1.42 bits per heavy atom. The zero-order valence-corrected chi connectivity index (χ0v) is 8.61. The van der Waals surface area contributed by atoms with E-state index in [1.54, 1.807) is 6.92 Å². The highest BCUT2D eigenvalue weighted by molar-refractivity contribution is 7.90. The van der Waals surface area contributed by atoms with Gasteiger partial charge in [0.1, 0.15) is 5.82 Å². The van der Waals surface area contributed by atoms with E-state index < -0.39 is 10.0 Å². The lowest BCUT2D eigenvalue weighted by molar-refractivity contribution is 0.520. The van der Waals surface area contributed by atoms with Gasteiger partial charge in [-0.05, 0) is 18.5 Å². The van der Waals surface area contributed by atoms with E-state index in [2.05, 4.69) is 9.36 Å². The average molecular weight is 207 g/mol. The number of sulfonamides is 1. The summed E-state index contributed by atoms with van der Waals surface area (Å²) < 4.78 is 27.7. The molecule has 0 aliphatic heterocycles. The Bertz CT molecular complexity index is 368. The van der Waals surface area contributed by atoms with Gasteiger partial charge in [-0.2, -0.15) is 4.37 Å². The average Bonchev–Trinajstić information content (AvgIpc) is 2.35. The molecule has 0 aliphatic rings. The molecule has 7 heteroatoms. The Labute approximate surface area is 75.3 Å². The molecule has 0 fully saturated rings. The van der Waals surface area contributed by atoms with Crippen LogP contribution in [0.2, 0.25) is 0 Å². The lowest BCUT2D eigenvalue weighted by Gasteiger charge is -2.06. The topological polar surface area (TPSA) is 63.2 Å². The van der Waals surface area contributed by atoms with Crippen molar-refractivity contribution >= 4 is 21.6 Å². The molecule has 0 N–H and O–H groups in total. The van der Waals surface area contributed by atoms with Gasteiger partial charge >= 0.3 is 0 Å². The molecule has 0 bridgehead atoms. The van der Waals surface area contributed by atoms with Gasteiger partial charge in [-0.25, -0.2) is 17.7 Å². The SMILES string of the molecule is Cc1nsc(S(=O)(=O)N(C)C)n1. The molecule has 0 amide bonds. The van der Waals surface area contributed by atoms with Gasteiger partial charge in [0.25, 0.3) is 10.0 Å². The van der Waals surface area contributed by atoms with Crippen LogP contribution in [0.15, 0.2) is 4.34 Å². The molecule has 1 aromatic rings. The molecule has 0 aromatic carbocycles. The van der Waals surface area contributed by atoms with Crippen LogP contribution < -0.4 is 0 Å². The minimum absolute atomic E-state index is 0.0463. The number of aryl methyl sites for hydroxylation is 1. The smallest absolute Gasteiger partial charge is 0.208 e. The third-order valence-electron chi connectivity index (χ3n) is 1.21. The summed E-state index contributed by atoms with van der Waals surface area (Å²) in [6.45, 7) is 1.66. The molecule has 0 saturated carbocycles. The van der Waals surface area contributed by atoms with Crippen molar-refractivity contribution in [3.8, 4) is 0 Å². The van der Waals surface area contributed by atoms with Gasteiger partial charge in [0, 0.05) is 14.1 Å². The van der Waals surface area contributed by atoms with Gasteiger partial charge in [0.15, 0.2) is 0 Å². The van der Waals surface area contributed by atoms with E-state index in [0.29, 0.717) is 5.82 Å². The molecular weight excluding hydrogens is 198 g/mol. The summed E-state index contributed by atoms with van der Waals surface area (Å²) in [7, 11) is -0.449. The second-order valence-corrected chi connectivity index (χ2v) is 5.47. The molecule has 0 saturated heterocycles. The summed E-state index contributed by atoms with van der Waals surface area (Å²) >= 11 is 0.894. The fourth-order valence-electron chi connectivity index (χ4n) is 0.539. The molecule has 68 valence electrons. The number of aromatic nitrogens is 2. The lowest BCUT2D eigenvalue weighted by Crippen LogP contribution is -2.21. The molecular formula is C5H9N3O2S2. The predicted molar refractivity (Wildman–Crippen MR) is 45.5 cm³/mol. The normalized spacial score (nSPS) is 12.3. The highest BCUT2D eigenvalue weighted by atomic mass is 32.2. The molecule has 1 aromatic heterocycles. The molecule has 0 aliphatic carbocycles. The first-order valence-corrected chi connectivity index (χ1v) is 5.39. The quantitative estimate of drug-likeness (QED) is 0.690. The van der Waals surface area contributed by atoms with Crippen molar-refractivity contribution in [1.29, 1.82) is 0 Å². The molecule has 5 nitrogen and oxygen atoms in total. The fraction of sp³-hybridized carbons (Fsp3) is 0.600. The standard InChI is InChI=1S/C5H9N3O2S2/c1-4-6-5(11-7-4)12(9,10)8(2)3/h1-3H3. The van der Waals surface area contributed by atoms with Crippen molar-refractivity contribution in [2.45, 2.75) is 11.3 Å². The van der Waals surface area contributed by atoms with Crippen molar-refractivity contribution in [3.05, 3.63) is 5.82 Å². The second kappa shape index (κ2) is 3.08. The third kappa shape index (κ3) is 1.62. The molecule has 0 unspecified atom stereocenters. The third-order valence-corrected chi connectivity index (χ3v) is 4.16. The molecule has 0 atom stereocenters. The molecule has 1 rings (SSSR count). The van der Waals surface area contributed by atoms with E-state index in [9.17, 15) is 8.42 Å². The Kier molecular flexibility index (Phi) is 2.45. The first kappa shape index (κ1) is 9.56. The molecule has 1 heterocycles. The largest absolute Gasteiger partial charge is 0.271 e. The van der Waals surface area contributed by atoms with Crippen molar-refractivity contribution in [1.82, 2.24) is 13.7 Å². The summed E-state index contributed by atoms with van der Waals surface area (Å²) in [6.07, 6.45) is 0. The Balaban J connectivity index is 3.15. The van der Waals surface area contributed by atoms with E-state index in [-0.39, 0.29) is 4.34 Å². The molecule has 0 radical (unpaired) electrons. The van der Waals surface area contributed by atoms with Crippen LogP contribution in [0, 0.1) is 6.92 Å². The first-order valence-electron chi connectivity index (χ1n) is 3.17. The summed E-state index contributed by atoms with van der Waals surface area (Å²) in [5, 5.41) is 0. The highest BCUT2D eigenvalue weighted by Crippen LogP contribution is 2.14. The van der Waals surface area contributed by atoms with Gasteiger partial charge in [-0.15, -0.1) is 0 Å². The van der Waals surface area contributed by atoms with Crippen molar-refractivity contribution in [2.75, 3.05) is 14.1 Å². The van der Waals surface area contributed by atoms with Crippen LogP contribution in [0.4, 0.5) is 0 Å². The van der Waals surface area contributed by atoms with Crippen LogP contribution in [-0.2, 0) is 10.0 Å². The van der Waals surface area contributed by atoms with E-state index in [0.717, 1.165) is 15.8 Å². The fourth-order valence-corrected chi connectivity index (χ4v) is 2.46. The summed E-state index contributed by atoms with van der Waals surface area (Å²) in [4.78, 5) is 3.78. The maximum atomic E-state index is 11.4. The first-order chi connectivity index (χ1) is 5.44. The molecule has 12 heavy (non-hydrogen) atoms. The van der Waals surface area contributed by atoms with Gasteiger partial charge in [-0.3, -0.25) is 0 Å². The Hall–Kier alpha value is -0.530. The van der Waals surface area contributed by atoms with Crippen molar-refractivity contribution in [3.63, 3.8) is 0 Å². The van der Waals surface area contributed by atoms with Gasteiger partial charge < -0.3 is 0 Å². The zero-order valence-electron chi connectivity index (χ0n) is 6.97. The minimum Gasteiger partial charge on any atom is -0.208 e. The van der Waals surface area contributed by atoms with Crippen LogP contribution in [0.25, 0.3) is 0 Å². The van der Waals surface area contributed by atoms with Gasteiger partial charge in [0.05, 0.1) is 0 Å². The van der Waals surface area contributed by atoms with E-state index in [4.69, 9.17) is 0 Å². The Morgan fingerprint density at radius 3 is 2.33 bits per heavy atom. The summed E-state index contributed by atoms with van der Waals surface area (Å²) in [5.41, 5.74) is 0. The zero-order chi connectivity index (χ0) is 9.35. The summed E-state index contributed by atoms with van der Waals surface area (Å²) in [6, 6.07) is 0. The van der Waals surface area contributed by atoms with Crippen LogP contribution in [0.5, 0.6) is 0 Å². The second-order valence-electron chi connectivity index (χ2n) is 2.39. The van der Waals surface area contributed by atoms with Crippen LogP contribution in [0.3, 0.4) is 0 Å². The van der Waals surface area contributed by atoms with Gasteiger partial charge in [-0.1, -0.05) is 0 Å².